The van der Waals surface area contributed by atoms with Gasteiger partial charge in [-0.2, -0.15) is 13.2 Å². The van der Waals surface area contributed by atoms with E-state index in [2.05, 4.69) is 4.74 Å². The van der Waals surface area contributed by atoms with Crippen molar-refractivity contribution in [3.63, 3.8) is 0 Å². The number of hydrogen-bond acceptors (Lipinski definition) is 5. The summed E-state index contributed by atoms with van der Waals surface area (Å²) >= 11 is 0. The molecule has 0 unspecified atom stereocenters. The molecule has 35 heavy (non-hydrogen) atoms. The van der Waals surface area contributed by atoms with Gasteiger partial charge in [-0.3, -0.25) is 4.79 Å². The first-order valence-corrected chi connectivity index (χ1v) is 10.8. The number of esters is 1. The Labute approximate surface area is 201 Å². The van der Waals surface area contributed by atoms with Crippen LogP contribution in [-0.2, 0) is 22.1 Å². The molecule has 0 bridgehead atoms. The minimum Gasteiger partial charge on any atom is -0.469 e. The van der Waals surface area contributed by atoms with Crippen LogP contribution >= 0.6 is 0 Å². The minimum absolute atomic E-state index is 0.0196. The number of nitrogens with two attached hydrogens (primary N) is 1. The van der Waals surface area contributed by atoms with Gasteiger partial charge < -0.3 is 19.9 Å². The van der Waals surface area contributed by atoms with E-state index in [-0.39, 0.29) is 29.6 Å². The van der Waals surface area contributed by atoms with Crippen molar-refractivity contribution in [2.45, 2.75) is 32.9 Å². The van der Waals surface area contributed by atoms with Crippen LogP contribution in [0.15, 0.2) is 66.9 Å². The first-order valence-electron chi connectivity index (χ1n) is 10.8. The normalized spacial score (nSPS) is 11.8. The number of carbonyl (C=O) groups excluding carboxylic acids is 1. The van der Waals surface area contributed by atoms with E-state index in [0.29, 0.717) is 12.2 Å². The van der Waals surface area contributed by atoms with Crippen LogP contribution < -0.4 is 15.2 Å². The van der Waals surface area contributed by atoms with Gasteiger partial charge in [0.2, 0.25) is 0 Å². The molecular weight excluding hydrogens is 459 g/mol. The maximum absolute atomic E-state index is 13.9. The third-order valence-electron chi connectivity index (χ3n) is 5.41. The molecule has 0 radical (unpaired) electrons. The molecule has 3 rings (SSSR count). The number of rotatable bonds is 8. The lowest BCUT2D eigenvalue weighted by Crippen LogP contribution is -2.07. The van der Waals surface area contributed by atoms with Crippen LogP contribution in [0.1, 0.15) is 35.6 Å². The Bertz CT molecular complexity index is 1240. The molecular formula is C27H26F3NO4. The van der Waals surface area contributed by atoms with Crippen molar-refractivity contribution in [2.24, 2.45) is 5.73 Å². The zero-order chi connectivity index (χ0) is 25.6. The fourth-order valence-corrected chi connectivity index (χ4v) is 3.49. The minimum atomic E-state index is -4.67. The van der Waals surface area contributed by atoms with Gasteiger partial charge in [0, 0.05) is 6.42 Å². The second-order valence-electron chi connectivity index (χ2n) is 7.86. The highest BCUT2D eigenvalue weighted by atomic mass is 19.4. The van der Waals surface area contributed by atoms with Crippen LogP contribution in [0.2, 0.25) is 0 Å². The highest BCUT2D eigenvalue weighted by Gasteiger charge is 2.35. The molecule has 5 nitrogen and oxygen atoms in total. The second kappa shape index (κ2) is 11.0. The first-order chi connectivity index (χ1) is 16.6. The molecule has 0 aromatic heterocycles. The Balaban J connectivity index is 1.88. The van der Waals surface area contributed by atoms with E-state index in [1.54, 1.807) is 36.4 Å². The molecule has 184 valence electrons. The zero-order valence-electron chi connectivity index (χ0n) is 19.6. The molecule has 3 aromatic carbocycles. The summed E-state index contributed by atoms with van der Waals surface area (Å²) < 4.78 is 57.7. The second-order valence-corrected chi connectivity index (χ2v) is 7.86. The average Bonchev–Trinajstić information content (AvgIpc) is 2.83. The summed E-state index contributed by atoms with van der Waals surface area (Å²) in [5.41, 5.74) is 7.79. The maximum atomic E-state index is 13.9. The summed E-state index contributed by atoms with van der Waals surface area (Å²) in [5, 5.41) is 0. The largest absolute Gasteiger partial charge is 0.469 e. The molecule has 0 atom stereocenters. The van der Waals surface area contributed by atoms with Crippen LogP contribution in [0, 0.1) is 6.92 Å². The van der Waals surface area contributed by atoms with Gasteiger partial charge in [-0.15, -0.1) is 0 Å². The van der Waals surface area contributed by atoms with Crippen LogP contribution in [-0.4, -0.2) is 13.1 Å². The lowest BCUT2D eigenvalue weighted by molar-refractivity contribution is -0.140. The Hall–Kier alpha value is -3.94. The molecule has 0 saturated carbocycles. The number of carbonyl (C=O) groups is 1. The highest BCUT2D eigenvalue weighted by molar-refractivity contribution is 5.69. The van der Waals surface area contributed by atoms with Crippen molar-refractivity contribution in [3.05, 3.63) is 89.1 Å². The van der Waals surface area contributed by atoms with Crippen molar-refractivity contribution >= 4 is 11.5 Å². The zero-order valence-corrected chi connectivity index (χ0v) is 19.6. The van der Waals surface area contributed by atoms with Gasteiger partial charge in [0.25, 0.3) is 0 Å². The van der Waals surface area contributed by atoms with E-state index in [1.807, 2.05) is 19.9 Å². The topological polar surface area (TPSA) is 70.8 Å². The standard InChI is InChI=1S/C27H26F3NO4/c1-17(16-31)22-8-5-9-24(18(22)2)34-21-11-12-25(23(15-21)27(28,29)30)35-20-7-4-6-19(14-20)10-13-26(32)33-3/h4-9,11-12,14-16H,10,13,31H2,1-3H3/b17-16-. The number of allylic oxidation sites excluding steroid dienone is 1. The van der Waals surface area contributed by atoms with E-state index in [1.165, 1.54) is 25.4 Å². The predicted molar refractivity (Wildman–Crippen MR) is 127 cm³/mol. The van der Waals surface area contributed by atoms with Crippen LogP contribution in [0.25, 0.3) is 5.57 Å². The predicted octanol–water partition coefficient (Wildman–Crippen LogP) is 7.02. The van der Waals surface area contributed by atoms with E-state index in [9.17, 15) is 18.0 Å². The molecule has 2 N–H and O–H groups in total. The first kappa shape index (κ1) is 25.7. The van der Waals surface area contributed by atoms with Crippen LogP contribution in [0.3, 0.4) is 0 Å². The maximum Gasteiger partial charge on any atom is 0.420 e. The molecule has 0 spiro atoms. The fourth-order valence-electron chi connectivity index (χ4n) is 3.49. The molecule has 0 amide bonds. The smallest absolute Gasteiger partial charge is 0.420 e. The third kappa shape index (κ3) is 6.56. The molecule has 0 aliphatic heterocycles. The number of hydrogen-bond donors (Lipinski definition) is 1. The molecule has 0 aliphatic carbocycles. The van der Waals surface area contributed by atoms with Crippen molar-refractivity contribution in [2.75, 3.05) is 7.11 Å². The van der Waals surface area contributed by atoms with E-state index < -0.39 is 11.7 Å². The quantitative estimate of drug-likeness (QED) is 0.347. The third-order valence-corrected chi connectivity index (χ3v) is 5.41. The number of alkyl halides is 3. The summed E-state index contributed by atoms with van der Waals surface area (Å²) in [5.74, 6) is -0.0716. The summed E-state index contributed by atoms with van der Waals surface area (Å²) in [4.78, 5) is 11.4. The fraction of sp³-hybridized carbons (Fsp3) is 0.222. The van der Waals surface area contributed by atoms with Gasteiger partial charge in [0.05, 0.1) is 7.11 Å². The van der Waals surface area contributed by atoms with Crippen LogP contribution in [0.5, 0.6) is 23.0 Å². The average molecular weight is 486 g/mol. The Morgan fingerprint density at radius 3 is 2.34 bits per heavy atom. The van der Waals surface area contributed by atoms with Gasteiger partial charge in [0.1, 0.15) is 28.6 Å². The molecule has 0 fully saturated rings. The lowest BCUT2D eigenvalue weighted by atomic mass is 10.0. The molecule has 0 heterocycles. The Morgan fingerprint density at radius 2 is 1.66 bits per heavy atom. The monoisotopic (exact) mass is 485 g/mol. The summed E-state index contributed by atoms with van der Waals surface area (Å²) in [6.07, 6.45) is -2.68. The van der Waals surface area contributed by atoms with Crippen LogP contribution in [0.4, 0.5) is 13.2 Å². The number of benzene rings is 3. The van der Waals surface area contributed by atoms with Gasteiger partial charge in [-0.25, -0.2) is 0 Å². The number of halogens is 3. The van der Waals surface area contributed by atoms with Crippen molar-refractivity contribution in [1.29, 1.82) is 0 Å². The van der Waals surface area contributed by atoms with Crippen molar-refractivity contribution in [1.82, 2.24) is 0 Å². The summed E-state index contributed by atoms with van der Waals surface area (Å²) in [6.45, 7) is 3.65. The van der Waals surface area contributed by atoms with Crippen molar-refractivity contribution in [3.8, 4) is 23.0 Å². The molecule has 0 aliphatic rings. The lowest BCUT2D eigenvalue weighted by Gasteiger charge is -2.17. The summed E-state index contributed by atoms with van der Waals surface area (Å²) in [6, 6.07) is 15.4. The molecule has 3 aromatic rings. The SMILES string of the molecule is COC(=O)CCc1cccc(Oc2ccc(Oc3cccc(/C(C)=C\N)c3C)cc2C(F)(F)F)c1. The molecule has 0 saturated heterocycles. The van der Waals surface area contributed by atoms with Gasteiger partial charge in [0.15, 0.2) is 0 Å². The summed E-state index contributed by atoms with van der Waals surface area (Å²) in [7, 11) is 1.30. The Kier molecular flexibility index (Phi) is 8.06. The van der Waals surface area contributed by atoms with Gasteiger partial charge >= 0.3 is 12.1 Å². The Morgan fingerprint density at radius 1 is 0.971 bits per heavy atom. The van der Waals surface area contributed by atoms with Crippen molar-refractivity contribution < 1.29 is 32.2 Å². The molecule has 8 heteroatoms. The number of ether oxygens (including phenoxy) is 3. The number of methoxy groups -OCH3 is 1. The van der Waals surface area contributed by atoms with E-state index in [0.717, 1.165) is 28.3 Å². The van der Waals surface area contributed by atoms with E-state index >= 15 is 0 Å². The van der Waals surface area contributed by atoms with E-state index in [4.69, 9.17) is 15.2 Å². The highest BCUT2D eigenvalue weighted by Crippen LogP contribution is 2.41. The number of aryl methyl sites for hydroxylation is 1. The van der Waals surface area contributed by atoms with Gasteiger partial charge in [-0.05, 0) is 85.1 Å². The van der Waals surface area contributed by atoms with Gasteiger partial charge in [-0.1, -0.05) is 24.3 Å².